The number of rotatable bonds is 9. The molecule has 0 unspecified atom stereocenters. The highest BCUT2D eigenvalue weighted by atomic mass is 16.5. The van der Waals surface area contributed by atoms with Crippen molar-refractivity contribution >= 4 is 11.8 Å². The highest BCUT2D eigenvalue weighted by molar-refractivity contribution is 5.97. The van der Waals surface area contributed by atoms with Crippen LogP contribution in [-0.2, 0) is 11.2 Å². The smallest absolute Gasteiger partial charge is 0.251 e. The van der Waals surface area contributed by atoms with E-state index in [0.717, 1.165) is 11.3 Å². The number of nitrogens with one attached hydrogen (secondary N) is 2. The molecule has 0 aliphatic rings. The quantitative estimate of drug-likeness (QED) is 0.701. The average Bonchev–Trinajstić information content (AvgIpc) is 2.71. The number of ether oxygens (including phenoxy) is 3. The lowest BCUT2D eigenvalue weighted by Crippen LogP contribution is -2.37. The largest absolute Gasteiger partial charge is 0.497 e. The molecule has 7 nitrogen and oxygen atoms in total. The van der Waals surface area contributed by atoms with Crippen LogP contribution in [-0.4, -0.2) is 46.2 Å². The van der Waals surface area contributed by atoms with Crippen LogP contribution in [0.15, 0.2) is 42.5 Å². The Morgan fingerprint density at radius 2 is 1.67 bits per heavy atom. The van der Waals surface area contributed by atoms with Gasteiger partial charge in [0.15, 0.2) is 11.5 Å². The van der Waals surface area contributed by atoms with E-state index in [0.29, 0.717) is 30.0 Å². The SMILES string of the molecule is COc1cccc(CCNC(=O)CNC(=O)c2ccc(OC)c(OC)c2)c1. The van der Waals surface area contributed by atoms with Crippen molar-refractivity contribution in [2.24, 2.45) is 0 Å². The molecule has 0 aliphatic heterocycles. The third kappa shape index (κ3) is 5.91. The van der Waals surface area contributed by atoms with Gasteiger partial charge in [-0.05, 0) is 42.3 Å². The first-order chi connectivity index (χ1) is 13.1. The average molecular weight is 372 g/mol. The van der Waals surface area contributed by atoms with Crippen LogP contribution in [0.25, 0.3) is 0 Å². The van der Waals surface area contributed by atoms with E-state index < -0.39 is 0 Å². The third-order valence-corrected chi connectivity index (χ3v) is 3.93. The fourth-order valence-electron chi connectivity index (χ4n) is 2.48. The van der Waals surface area contributed by atoms with Gasteiger partial charge in [-0.3, -0.25) is 9.59 Å². The zero-order chi connectivity index (χ0) is 19.6. The molecule has 0 atom stereocenters. The fraction of sp³-hybridized carbons (Fsp3) is 0.300. The molecule has 2 aromatic carbocycles. The molecule has 144 valence electrons. The number of hydrogen-bond acceptors (Lipinski definition) is 5. The van der Waals surface area contributed by atoms with Crippen molar-refractivity contribution in [3.63, 3.8) is 0 Å². The Balaban J connectivity index is 1.78. The van der Waals surface area contributed by atoms with E-state index in [9.17, 15) is 9.59 Å². The van der Waals surface area contributed by atoms with E-state index in [2.05, 4.69) is 10.6 Å². The molecule has 0 bridgehead atoms. The minimum Gasteiger partial charge on any atom is -0.497 e. The van der Waals surface area contributed by atoms with E-state index in [1.165, 1.54) is 14.2 Å². The molecule has 2 rings (SSSR count). The minimum atomic E-state index is -0.362. The summed E-state index contributed by atoms with van der Waals surface area (Å²) in [4.78, 5) is 24.1. The Morgan fingerprint density at radius 3 is 2.37 bits per heavy atom. The molecule has 0 aromatic heterocycles. The van der Waals surface area contributed by atoms with Gasteiger partial charge in [-0.1, -0.05) is 12.1 Å². The van der Waals surface area contributed by atoms with Gasteiger partial charge < -0.3 is 24.8 Å². The molecule has 2 N–H and O–H groups in total. The number of hydrogen-bond donors (Lipinski definition) is 2. The molecule has 0 radical (unpaired) electrons. The zero-order valence-electron chi connectivity index (χ0n) is 15.7. The molecule has 0 saturated heterocycles. The highest BCUT2D eigenvalue weighted by Crippen LogP contribution is 2.27. The van der Waals surface area contributed by atoms with E-state index in [1.807, 2.05) is 24.3 Å². The van der Waals surface area contributed by atoms with Gasteiger partial charge in [0.1, 0.15) is 5.75 Å². The summed E-state index contributed by atoms with van der Waals surface area (Å²) in [6, 6.07) is 12.5. The summed E-state index contributed by atoms with van der Waals surface area (Å²) >= 11 is 0. The first-order valence-corrected chi connectivity index (χ1v) is 8.47. The van der Waals surface area contributed by atoms with E-state index in [1.54, 1.807) is 25.3 Å². The first-order valence-electron chi connectivity index (χ1n) is 8.47. The summed E-state index contributed by atoms with van der Waals surface area (Å²) in [7, 11) is 4.63. The number of benzene rings is 2. The maximum atomic E-state index is 12.2. The van der Waals surface area contributed by atoms with Crippen LogP contribution in [0, 0.1) is 0 Å². The highest BCUT2D eigenvalue weighted by Gasteiger charge is 2.11. The zero-order valence-corrected chi connectivity index (χ0v) is 15.7. The topological polar surface area (TPSA) is 85.9 Å². The Hall–Kier alpha value is -3.22. The molecule has 2 aromatic rings. The summed E-state index contributed by atoms with van der Waals surface area (Å²) in [6.07, 6.45) is 0.673. The Labute approximate surface area is 158 Å². The van der Waals surface area contributed by atoms with Crippen LogP contribution in [0.4, 0.5) is 0 Å². The molecule has 0 saturated carbocycles. The lowest BCUT2D eigenvalue weighted by molar-refractivity contribution is -0.120. The molecule has 0 aliphatic carbocycles. The second-order valence-electron chi connectivity index (χ2n) is 5.70. The summed E-state index contributed by atoms with van der Waals surface area (Å²) < 4.78 is 15.5. The summed E-state index contributed by atoms with van der Waals surface area (Å²) in [5, 5.41) is 5.36. The molecular formula is C20H24N2O5. The molecule has 7 heteroatoms. The van der Waals surface area contributed by atoms with Crippen molar-refractivity contribution in [3.8, 4) is 17.2 Å². The number of amides is 2. The van der Waals surface area contributed by atoms with Crippen LogP contribution in [0.1, 0.15) is 15.9 Å². The van der Waals surface area contributed by atoms with Gasteiger partial charge in [0, 0.05) is 12.1 Å². The summed E-state index contributed by atoms with van der Waals surface area (Å²) in [5.41, 5.74) is 1.45. The molecular weight excluding hydrogens is 348 g/mol. The normalized spacial score (nSPS) is 10.0. The van der Waals surface area contributed by atoms with Gasteiger partial charge in [0.25, 0.3) is 5.91 Å². The maximum Gasteiger partial charge on any atom is 0.251 e. The van der Waals surface area contributed by atoms with Gasteiger partial charge in [0.2, 0.25) is 5.91 Å². The Bertz CT molecular complexity index is 792. The van der Waals surface area contributed by atoms with Crippen molar-refractivity contribution < 1.29 is 23.8 Å². The molecule has 0 fully saturated rings. The van der Waals surface area contributed by atoms with Gasteiger partial charge in [-0.25, -0.2) is 0 Å². The predicted molar refractivity (Wildman–Crippen MR) is 102 cm³/mol. The van der Waals surface area contributed by atoms with Crippen molar-refractivity contribution in [1.82, 2.24) is 10.6 Å². The van der Waals surface area contributed by atoms with Crippen LogP contribution in [0.3, 0.4) is 0 Å². The van der Waals surface area contributed by atoms with E-state index in [4.69, 9.17) is 14.2 Å². The second-order valence-corrected chi connectivity index (χ2v) is 5.70. The molecule has 27 heavy (non-hydrogen) atoms. The van der Waals surface area contributed by atoms with Crippen molar-refractivity contribution in [1.29, 1.82) is 0 Å². The predicted octanol–water partition coefficient (Wildman–Crippen LogP) is 1.80. The number of carbonyl (C=O) groups excluding carboxylic acids is 2. The lowest BCUT2D eigenvalue weighted by atomic mass is 10.1. The molecule has 0 heterocycles. The monoisotopic (exact) mass is 372 g/mol. The third-order valence-electron chi connectivity index (χ3n) is 3.93. The van der Waals surface area contributed by atoms with Crippen molar-refractivity contribution in [2.45, 2.75) is 6.42 Å². The van der Waals surface area contributed by atoms with E-state index in [-0.39, 0.29) is 18.4 Å². The van der Waals surface area contributed by atoms with Gasteiger partial charge in [0.05, 0.1) is 27.9 Å². The van der Waals surface area contributed by atoms with Crippen LogP contribution in [0.2, 0.25) is 0 Å². The number of carbonyl (C=O) groups is 2. The van der Waals surface area contributed by atoms with E-state index >= 15 is 0 Å². The van der Waals surface area contributed by atoms with Crippen LogP contribution < -0.4 is 24.8 Å². The van der Waals surface area contributed by atoms with Gasteiger partial charge in [-0.15, -0.1) is 0 Å². The van der Waals surface area contributed by atoms with Crippen LogP contribution >= 0.6 is 0 Å². The van der Waals surface area contributed by atoms with Crippen molar-refractivity contribution in [2.75, 3.05) is 34.4 Å². The Kier molecular flexibility index (Phi) is 7.49. The van der Waals surface area contributed by atoms with Gasteiger partial charge >= 0.3 is 0 Å². The number of methoxy groups -OCH3 is 3. The van der Waals surface area contributed by atoms with Crippen LogP contribution in [0.5, 0.6) is 17.2 Å². The minimum absolute atomic E-state index is 0.106. The first kappa shape index (κ1) is 20.1. The Morgan fingerprint density at radius 1 is 0.889 bits per heavy atom. The second kappa shape index (κ2) is 10.1. The maximum absolute atomic E-state index is 12.2. The lowest BCUT2D eigenvalue weighted by Gasteiger charge is -2.10. The fourth-order valence-corrected chi connectivity index (χ4v) is 2.48. The summed E-state index contributed by atoms with van der Waals surface area (Å²) in [5.74, 6) is 1.14. The summed E-state index contributed by atoms with van der Waals surface area (Å²) in [6.45, 7) is 0.365. The molecule has 0 spiro atoms. The molecule has 2 amide bonds. The van der Waals surface area contributed by atoms with Crippen molar-refractivity contribution in [3.05, 3.63) is 53.6 Å². The standard InChI is InChI=1S/C20H24N2O5/c1-25-16-6-4-5-14(11-16)9-10-21-19(23)13-22-20(24)15-7-8-17(26-2)18(12-15)27-3/h4-8,11-12H,9-10,13H2,1-3H3,(H,21,23)(H,22,24). The van der Waals surface area contributed by atoms with Gasteiger partial charge in [-0.2, -0.15) is 0 Å².